The van der Waals surface area contributed by atoms with Crippen molar-refractivity contribution in [3.63, 3.8) is 0 Å². The summed E-state index contributed by atoms with van der Waals surface area (Å²) in [4.78, 5) is 30.6. The number of carbonyl (C=O) groups excluding carboxylic acids is 1. The van der Waals surface area contributed by atoms with E-state index in [9.17, 15) is 9.59 Å². The Morgan fingerprint density at radius 2 is 2.08 bits per heavy atom. The number of likely N-dealkylation sites (N-methyl/N-ethyl adjacent to an activating group) is 1. The maximum Gasteiger partial charge on any atom is 0.332 e. The van der Waals surface area contributed by atoms with Crippen LogP contribution in [0, 0.1) is 0 Å². The molecule has 2 rings (SSSR count). The molecule has 7 nitrogen and oxygen atoms in total. The van der Waals surface area contributed by atoms with E-state index in [0.29, 0.717) is 29.8 Å². The van der Waals surface area contributed by atoms with Gasteiger partial charge >= 0.3 is 5.97 Å². The predicted molar refractivity (Wildman–Crippen MR) is 96.6 cm³/mol. The fourth-order valence-corrected chi connectivity index (χ4v) is 2.35. The molecular formula is C18H23N3O4. The molecule has 0 bridgehead atoms. The number of carbonyl (C=O) groups is 1. The van der Waals surface area contributed by atoms with Gasteiger partial charge < -0.3 is 14.4 Å². The Morgan fingerprint density at radius 3 is 2.76 bits per heavy atom. The SMILES string of the molecule is CCN(CC)CCOC(=O)/C=C/n1cnc2ccc(OC)cc2c1=O. The Bertz CT molecular complexity index is 810. The van der Waals surface area contributed by atoms with Gasteiger partial charge in [-0.1, -0.05) is 13.8 Å². The van der Waals surface area contributed by atoms with Crippen LogP contribution in [0.5, 0.6) is 5.75 Å². The molecule has 0 spiro atoms. The number of ether oxygens (including phenoxy) is 2. The zero-order valence-corrected chi connectivity index (χ0v) is 14.8. The number of benzene rings is 1. The van der Waals surface area contributed by atoms with Crippen LogP contribution in [0.1, 0.15) is 13.8 Å². The molecule has 0 N–H and O–H groups in total. The number of hydrogen-bond donors (Lipinski definition) is 0. The van der Waals surface area contributed by atoms with Crippen molar-refractivity contribution in [3.05, 3.63) is 41.0 Å². The molecule has 0 aliphatic rings. The lowest BCUT2D eigenvalue weighted by atomic mass is 10.2. The van der Waals surface area contributed by atoms with E-state index in [2.05, 4.69) is 23.7 Å². The van der Waals surface area contributed by atoms with Crippen molar-refractivity contribution in [1.82, 2.24) is 14.5 Å². The summed E-state index contributed by atoms with van der Waals surface area (Å²) in [5.74, 6) is 0.0775. The van der Waals surface area contributed by atoms with E-state index >= 15 is 0 Å². The first-order valence-electron chi connectivity index (χ1n) is 8.21. The molecule has 134 valence electrons. The van der Waals surface area contributed by atoms with Gasteiger partial charge in [0.15, 0.2) is 0 Å². The first-order valence-corrected chi connectivity index (χ1v) is 8.21. The fourth-order valence-electron chi connectivity index (χ4n) is 2.35. The zero-order valence-electron chi connectivity index (χ0n) is 14.8. The van der Waals surface area contributed by atoms with Gasteiger partial charge in [-0.05, 0) is 31.3 Å². The molecule has 2 aromatic rings. The topological polar surface area (TPSA) is 73.7 Å². The van der Waals surface area contributed by atoms with Gasteiger partial charge in [0.1, 0.15) is 18.7 Å². The van der Waals surface area contributed by atoms with Gasteiger partial charge in [0, 0.05) is 18.8 Å². The minimum atomic E-state index is -0.496. The molecule has 25 heavy (non-hydrogen) atoms. The zero-order chi connectivity index (χ0) is 18.2. The van der Waals surface area contributed by atoms with E-state index in [1.807, 2.05) is 0 Å². The molecule has 7 heteroatoms. The molecule has 0 saturated carbocycles. The Kier molecular flexibility index (Phi) is 6.71. The first kappa shape index (κ1) is 18.7. The van der Waals surface area contributed by atoms with Gasteiger partial charge in [-0.2, -0.15) is 0 Å². The lowest BCUT2D eigenvalue weighted by molar-refractivity contribution is -0.138. The second kappa shape index (κ2) is 8.98. The Morgan fingerprint density at radius 1 is 1.32 bits per heavy atom. The molecule has 1 aromatic carbocycles. The monoisotopic (exact) mass is 345 g/mol. The largest absolute Gasteiger partial charge is 0.497 e. The molecule has 0 unspecified atom stereocenters. The van der Waals surface area contributed by atoms with Crippen LogP contribution in [-0.4, -0.2) is 53.8 Å². The van der Waals surface area contributed by atoms with Gasteiger partial charge in [0.05, 0.1) is 18.0 Å². The molecule has 0 aliphatic carbocycles. The van der Waals surface area contributed by atoms with Crippen molar-refractivity contribution in [2.75, 3.05) is 33.4 Å². The van der Waals surface area contributed by atoms with E-state index in [1.165, 1.54) is 30.3 Å². The van der Waals surface area contributed by atoms with Crippen LogP contribution in [0.15, 0.2) is 35.4 Å². The molecular weight excluding hydrogens is 322 g/mol. The number of esters is 1. The highest BCUT2D eigenvalue weighted by atomic mass is 16.5. The van der Waals surface area contributed by atoms with Crippen molar-refractivity contribution in [1.29, 1.82) is 0 Å². The van der Waals surface area contributed by atoms with Crippen molar-refractivity contribution in [2.45, 2.75) is 13.8 Å². The molecule has 0 atom stereocenters. The average molecular weight is 345 g/mol. The lowest BCUT2D eigenvalue weighted by Crippen LogP contribution is -2.27. The van der Waals surface area contributed by atoms with Gasteiger partial charge in [-0.15, -0.1) is 0 Å². The first-order chi connectivity index (χ1) is 12.1. The summed E-state index contributed by atoms with van der Waals surface area (Å²) in [5, 5.41) is 0.418. The summed E-state index contributed by atoms with van der Waals surface area (Å²) in [6.07, 6.45) is 3.95. The van der Waals surface area contributed by atoms with Crippen LogP contribution in [-0.2, 0) is 9.53 Å². The summed E-state index contributed by atoms with van der Waals surface area (Å²) < 4.78 is 11.5. The highest BCUT2D eigenvalue weighted by molar-refractivity contribution is 5.85. The third-order valence-electron chi connectivity index (χ3n) is 3.91. The van der Waals surface area contributed by atoms with E-state index in [1.54, 1.807) is 18.2 Å². The van der Waals surface area contributed by atoms with Crippen LogP contribution in [0.2, 0.25) is 0 Å². The number of aromatic nitrogens is 2. The van der Waals surface area contributed by atoms with Crippen molar-refractivity contribution < 1.29 is 14.3 Å². The maximum atomic E-state index is 12.4. The van der Waals surface area contributed by atoms with Gasteiger partial charge in [-0.25, -0.2) is 9.78 Å². The van der Waals surface area contributed by atoms with E-state index in [4.69, 9.17) is 9.47 Å². The quantitative estimate of drug-likeness (QED) is 0.536. The van der Waals surface area contributed by atoms with Crippen LogP contribution in [0.4, 0.5) is 0 Å². The van der Waals surface area contributed by atoms with Gasteiger partial charge in [0.2, 0.25) is 0 Å². The summed E-state index contributed by atoms with van der Waals surface area (Å²) in [5.41, 5.74) is 0.286. The third kappa shape index (κ3) is 4.90. The van der Waals surface area contributed by atoms with Gasteiger partial charge in [-0.3, -0.25) is 9.36 Å². The maximum absolute atomic E-state index is 12.4. The molecule has 1 heterocycles. The summed E-state index contributed by atoms with van der Waals surface area (Å²) in [6, 6.07) is 5.07. The fraction of sp³-hybridized carbons (Fsp3) is 0.389. The highest BCUT2D eigenvalue weighted by Gasteiger charge is 2.05. The molecule has 0 radical (unpaired) electrons. The van der Waals surface area contributed by atoms with Crippen LogP contribution >= 0.6 is 0 Å². The van der Waals surface area contributed by atoms with E-state index in [0.717, 1.165) is 13.1 Å². The number of fused-ring (bicyclic) bond motifs is 1. The number of rotatable bonds is 8. The lowest BCUT2D eigenvalue weighted by Gasteiger charge is -2.16. The summed E-state index contributed by atoms with van der Waals surface area (Å²) in [6.45, 7) is 6.92. The average Bonchev–Trinajstić information content (AvgIpc) is 2.64. The molecule has 0 saturated heterocycles. The molecule has 0 amide bonds. The summed E-state index contributed by atoms with van der Waals surface area (Å²) in [7, 11) is 1.53. The number of hydrogen-bond acceptors (Lipinski definition) is 6. The second-order valence-corrected chi connectivity index (χ2v) is 5.35. The molecule has 0 aliphatic heterocycles. The van der Waals surface area contributed by atoms with Crippen molar-refractivity contribution in [2.24, 2.45) is 0 Å². The van der Waals surface area contributed by atoms with Gasteiger partial charge in [0.25, 0.3) is 5.56 Å². The Labute approximate surface area is 146 Å². The second-order valence-electron chi connectivity index (χ2n) is 5.35. The van der Waals surface area contributed by atoms with Crippen molar-refractivity contribution in [3.8, 4) is 5.75 Å². The van der Waals surface area contributed by atoms with Crippen molar-refractivity contribution >= 4 is 23.1 Å². The molecule has 1 aromatic heterocycles. The normalized spacial score (nSPS) is 11.4. The highest BCUT2D eigenvalue weighted by Crippen LogP contribution is 2.15. The van der Waals surface area contributed by atoms with E-state index < -0.39 is 5.97 Å². The Hall–Kier alpha value is -2.67. The minimum Gasteiger partial charge on any atom is -0.497 e. The standard InChI is InChI=1S/C18H23N3O4/c1-4-20(5-2)10-11-25-17(22)8-9-21-13-19-16-7-6-14(24-3)12-15(16)18(21)23/h6-9,12-13H,4-5,10-11H2,1-3H3/b9-8+. The van der Waals surface area contributed by atoms with E-state index in [-0.39, 0.29) is 5.56 Å². The number of methoxy groups -OCH3 is 1. The minimum absolute atomic E-state index is 0.281. The summed E-state index contributed by atoms with van der Waals surface area (Å²) >= 11 is 0. The van der Waals surface area contributed by atoms with Crippen LogP contribution < -0.4 is 10.3 Å². The van der Waals surface area contributed by atoms with Crippen LogP contribution in [0.25, 0.3) is 17.1 Å². The third-order valence-corrected chi connectivity index (χ3v) is 3.91. The Balaban J connectivity index is 2.06. The smallest absolute Gasteiger partial charge is 0.332 e. The predicted octanol–water partition coefficient (Wildman–Crippen LogP) is 1.76. The van der Waals surface area contributed by atoms with Crippen LogP contribution in [0.3, 0.4) is 0 Å². The number of nitrogens with zero attached hydrogens (tertiary/aromatic N) is 3. The molecule has 0 fully saturated rings.